The van der Waals surface area contributed by atoms with Gasteiger partial charge in [0, 0.05) is 0 Å². The highest BCUT2D eigenvalue weighted by Crippen LogP contribution is 2.21. The van der Waals surface area contributed by atoms with Gasteiger partial charge in [-0.2, -0.15) is 0 Å². The lowest BCUT2D eigenvalue weighted by molar-refractivity contribution is -0.136. The lowest BCUT2D eigenvalue weighted by atomic mass is 10.4. The van der Waals surface area contributed by atoms with Crippen molar-refractivity contribution in [2.45, 2.75) is 32.7 Å². The Kier molecular flexibility index (Phi) is 1.29. The Morgan fingerprint density at radius 2 is 2.12 bits per heavy atom. The molecule has 0 amide bonds. The second kappa shape index (κ2) is 1.71. The molecule has 1 unspecified atom stereocenters. The van der Waals surface area contributed by atoms with Crippen molar-refractivity contribution in [3.63, 3.8) is 0 Å². The van der Waals surface area contributed by atoms with E-state index in [9.17, 15) is 0 Å². The van der Waals surface area contributed by atoms with Crippen LogP contribution in [0, 0.1) is 0 Å². The monoisotopic (exact) mass is 116 g/mol. The van der Waals surface area contributed by atoms with E-state index in [1.54, 1.807) is 0 Å². The lowest BCUT2D eigenvalue weighted by Crippen LogP contribution is -2.20. The van der Waals surface area contributed by atoms with Crippen LogP contribution in [0.1, 0.15) is 20.8 Å². The molecule has 1 aliphatic heterocycles. The molecular weight excluding hydrogens is 104 g/mol. The molecule has 2 nitrogen and oxygen atoms in total. The normalized spacial score (nSPS) is 35.6. The van der Waals surface area contributed by atoms with Crippen LogP contribution in [0.3, 0.4) is 0 Å². The number of rotatable bonds is 0. The summed E-state index contributed by atoms with van der Waals surface area (Å²) < 4.78 is 10.6. The Bertz CT molecular complexity index is 88.5. The van der Waals surface area contributed by atoms with Gasteiger partial charge in [0.1, 0.15) is 0 Å². The molecule has 0 aromatic heterocycles. The van der Waals surface area contributed by atoms with E-state index in [1.165, 1.54) is 0 Å². The fraction of sp³-hybridized carbons (Fsp3) is 1.00. The third-order valence-electron chi connectivity index (χ3n) is 1.15. The van der Waals surface area contributed by atoms with Gasteiger partial charge in [-0.15, -0.1) is 0 Å². The van der Waals surface area contributed by atoms with Crippen molar-refractivity contribution >= 4 is 0 Å². The highest BCUT2D eigenvalue weighted by Gasteiger charge is 2.29. The first kappa shape index (κ1) is 6.05. The minimum absolute atomic E-state index is 0.269. The van der Waals surface area contributed by atoms with Crippen LogP contribution >= 0.6 is 0 Å². The molecule has 0 bridgehead atoms. The fourth-order valence-corrected chi connectivity index (χ4v) is 0.871. The van der Waals surface area contributed by atoms with Crippen LogP contribution in [0.5, 0.6) is 0 Å². The minimum Gasteiger partial charge on any atom is -0.348 e. The minimum atomic E-state index is -0.334. The standard InChI is InChI=1S/C6H12O2/c1-5-4-7-6(2,3)8-5/h5H,4H2,1-3H3. The largest absolute Gasteiger partial charge is 0.348 e. The summed E-state index contributed by atoms with van der Waals surface area (Å²) in [5, 5.41) is 0. The maximum atomic E-state index is 5.33. The van der Waals surface area contributed by atoms with Crippen LogP contribution in [-0.4, -0.2) is 18.5 Å². The molecule has 1 aliphatic rings. The van der Waals surface area contributed by atoms with Crippen molar-refractivity contribution in [2.75, 3.05) is 6.61 Å². The second-order valence-corrected chi connectivity index (χ2v) is 2.64. The summed E-state index contributed by atoms with van der Waals surface area (Å²) >= 11 is 0. The molecule has 0 radical (unpaired) electrons. The molecule has 1 saturated heterocycles. The number of ether oxygens (including phenoxy) is 2. The smallest absolute Gasteiger partial charge is 0.163 e. The summed E-state index contributed by atoms with van der Waals surface area (Å²) in [6, 6.07) is 0. The highest BCUT2D eigenvalue weighted by molar-refractivity contribution is 4.65. The van der Waals surface area contributed by atoms with Crippen molar-refractivity contribution in [3.8, 4) is 0 Å². The summed E-state index contributed by atoms with van der Waals surface area (Å²) in [5.41, 5.74) is 0. The van der Waals surface area contributed by atoms with Crippen LogP contribution in [0.25, 0.3) is 0 Å². The molecule has 0 aliphatic carbocycles. The highest BCUT2D eigenvalue weighted by atomic mass is 16.7. The van der Waals surface area contributed by atoms with E-state index in [1.807, 2.05) is 20.8 Å². The van der Waals surface area contributed by atoms with Crippen LogP contribution in [-0.2, 0) is 9.47 Å². The molecule has 1 fully saturated rings. The van der Waals surface area contributed by atoms with E-state index < -0.39 is 0 Å². The maximum absolute atomic E-state index is 5.33. The summed E-state index contributed by atoms with van der Waals surface area (Å²) in [5.74, 6) is -0.334. The molecule has 0 aromatic carbocycles. The molecule has 8 heavy (non-hydrogen) atoms. The Balaban J connectivity index is 2.44. The summed E-state index contributed by atoms with van der Waals surface area (Å²) in [6.45, 7) is 6.59. The lowest BCUT2D eigenvalue weighted by Gasteiger charge is -2.15. The van der Waals surface area contributed by atoms with Gasteiger partial charge < -0.3 is 9.47 Å². The zero-order chi connectivity index (χ0) is 6.20. The first-order valence-electron chi connectivity index (χ1n) is 2.92. The molecule has 48 valence electrons. The molecular formula is C6H12O2. The SMILES string of the molecule is CC1COC(C)(C)O1. The van der Waals surface area contributed by atoms with Gasteiger partial charge in [-0.3, -0.25) is 0 Å². The van der Waals surface area contributed by atoms with E-state index in [0.717, 1.165) is 6.61 Å². The average molecular weight is 116 g/mol. The van der Waals surface area contributed by atoms with E-state index >= 15 is 0 Å². The maximum Gasteiger partial charge on any atom is 0.163 e. The first-order chi connectivity index (χ1) is 3.60. The van der Waals surface area contributed by atoms with Crippen molar-refractivity contribution in [1.82, 2.24) is 0 Å². The van der Waals surface area contributed by atoms with Gasteiger partial charge in [-0.05, 0) is 20.8 Å². The second-order valence-electron chi connectivity index (χ2n) is 2.64. The molecule has 1 heterocycles. The van der Waals surface area contributed by atoms with E-state index in [0.29, 0.717) is 0 Å². The van der Waals surface area contributed by atoms with Crippen LogP contribution in [0.2, 0.25) is 0 Å². The Morgan fingerprint density at radius 1 is 1.50 bits per heavy atom. The predicted molar refractivity (Wildman–Crippen MR) is 30.6 cm³/mol. The van der Waals surface area contributed by atoms with Gasteiger partial charge in [-0.25, -0.2) is 0 Å². The summed E-state index contributed by atoms with van der Waals surface area (Å²) in [7, 11) is 0. The molecule has 1 rings (SSSR count). The van der Waals surface area contributed by atoms with E-state index in [2.05, 4.69) is 0 Å². The quantitative estimate of drug-likeness (QED) is 0.472. The Labute approximate surface area is 49.8 Å². The topological polar surface area (TPSA) is 18.5 Å². The number of hydrogen-bond donors (Lipinski definition) is 0. The zero-order valence-electron chi connectivity index (χ0n) is 5.60. The van der Waals surface area contributed by atoms with E-state index in [4.69, 9.17) is 9.47 Å². The number of hydrogen-bond acceptors (Lipinski definition) is 2. The molecule has 1 atom stereocenters. The van der Waals surface area contributed by atoms with Gasteiger partial charge in [0.15, 0.2) is 5.79 Å². The van der Waals surface area contributed by atoms with Crippen LogP contribution in [0.4, 0.5) is 0 Å². The van der Waals surface area contributed by atoms with Crippen molar-refractivity contribution < 1.29 is 9.47 Å². The van der Waals surface area contributed by atoms with Crippen LogP contribution in [0.15, 0.2) is 0 Å². The summed E-state index contributed by atoms with van der Waals surface area (Å²) in [6.07, 6.45) is 0.269. The Morgan fingerprint density at radius 3 is 2.25 bits per heavy atom. The first-order valence-corrected chi connectivity index (χ1v) is 2.92. The van der Waals surface area contributed by atoms with Gasteiger partial charge in [0.25, 0.3) is 0 Å². The summed E-state index contributed by atoms with van der Waals surface area (Å²) in [4.78, 5) is 0. The van der Waals surface area contributed by atoms with E-state index in [-0.39, 0.29) is 11.9 Å². The molecule has 0 spiro atoms. The van der Waals surface area contributed by atoms with Gasteiger partial charge in [-0.1, -0.05) is 0 Å². The van der Waals surface area contributed by atoms with Gasteiger partial charge >= 0.3 is 0 Å². The van der Waals surface area contributed by atoms with Gasteiger partial charge in [0.05, 0.1) is 12.7 Å². The molecule has 2 heteroatoms. The zero-order valence-corrected chi connectivity index (χ0v) is 5.60. The molecule has 0 N–H and O–H groups in total. The van der Waals surface area contributed by atoms with Crippen molar-refractivity contribution in [3.05, 3.63) is 0 Å². The third kappa shape index (κ3) is 1.20. The van der Waals surface area contributed by atoms with Crippen molar-refractivity contribution in [2.24, 2.45) is 0 Å². The predicted octanol–water partition coefficient (Wildman–Crippen LogP) is 1.16. The third-order valence-corrected chi connectivity index (χ3v) is 1.15. The average Bonchev–Trinajstić information content (AvgIpc) is 1.82. The van der Waals surface area contributed by atoms with Crippen LogP contribution < -0.4 is 0 Å². The molecule has 0 saturated carbocycles. The fourth-order valence-electron chi connectivity index (χ4n) is 0.871. The molecule has 0 aromatic rings. The van der Waals surface area contributed by atoms with Gasteiger partial charge in [0.2, 0.25) is 0 Å². The Hall–Kier alpha value is -0.0800. The van der Waals surface area contributed by atoms with Crippen molar-refractivity contribution in [1.29, 1.82) is 0 Å².